The first-order valence-electron chi connectivity index (χ1n) is 9.95. The summed E-state index contributed by atoms with van der Waals surface area (Å²) < 4.78 is 34.9. The number of imide groups is 1. The van der Waals surface area contributed by atoms with E-state index in [9.17, 15) is 22.8 Å². The molecule has 1 fully saturated rings. The van der Waals surface area contributed by atoms with Gasteiger partial charge in [0.05, 0.1) is 18.6 Å². The van der Waals surface area contributed by atoms with E-state index < -0.39 is 27.3 Å². The second-order valence-corrected chi connectivity index (χ2v) is 10.1. The number of carbonyl (C=O) groups is 3. The molecule has 0 radical (unpaired) electrons. The maximum atomic E-state index is 13.1. The summed E-state index contributed by atoms with van der Waals surface area (Å²) >= 11 is 0. The van der Waals surface area contributed by atoms with Crippen molar-refractivity contribution in [2.24, 2.45) is 0 Å². The number of hydrogen-bond donors (Lipinski definition) is 2. The van der Waals surface area contributed by atoms with Gasteiger partial charge in [-0.1, -0.05) is 6.07 Å². The molecule has 0 spiro atoms. The smallest absolute Gasteiger partial charge is 0.322 e. The van der Waals surface area contributed by atoms with E-state index >= 15 is 0 Å². The van der Waals surface area contributed by atoms with Crippen LogP contribution in [0.1, 0.15) is 21.7 Å². The zero-order chi connectivity index (χ0) is 23.5. The van der Waals surface area contributed by atoms with E-state index in [1.165, 1.54) is 36.3 Å². The molecule has 5 rings (SSSR count). The van der Waals surface area contributed by atoms with E-state index in [-0.39, 0.29) is 29.7 Å². The first-order valence-corrected chi connectivity index (χ1v) is 11.8. The van der Waals surface area contributed by atoms with Crippen molar-refractivity contribution >= 4 is 38.7 Å². The fraction of sp³-hybridized carbons (Fsp3) is 0.227. The van der Waals surface area contributed by atoms with Crippen molar-refractivity contribution in [3.63, 3.8) is 0 Å². The molecular formula is C22H19N3O7S. The lowest BCUT2D eigenvalue weighted by molar-refractivity contribution is -0.125. The lowest BCUT2D eigenvalue weighted by Crippen LogP contribution is -2.52. The van der Waals surface area contributed by atoms with Gasteiger partial charge in [-0.2, -0.15) is 0 Å². The number of fused-ring (bicyclic) bond motifs is 2. The third-order valence-corrected chi connectivity index (χ3v) is 7.01. The fourth-order valence-corrected chi connectivity index (χ4v) is 4.85. The molecule has 10 nitrogen and oxygen atoms in total. The highest BCUT2D eigenvalue weighted by molar-refractivity contribution is 7.90. The van der Waals surface area contributed by atoms with Crippen LogP contribution in [0.25, 0.3) is 11.0 Å². The van der Waals surface area contributed by atoms with E-state index in [4.69, 9.17) is 9.15 Å². The van der Waals surface area contributed by atoms with Crippen LogP contribution < -0.4 is 15.4 Å². The van der Waals surface area contributed by atoms with Gasteiger partial charge in [0.25, 0.3) is 11.8 Å². The molecule has 1 aromatic heterocycles. The second-order valence-electron chi connectivity index (χ2n) is 8.08. The quantitative estimate of drug-likeness (QED) is 0.541. The van der Waals surface area contributed by atoms with Crippen molar-refractivity contribution in [3.8, 4) is 5.75 Å². The highest BCUT2D eigenvalue weighted by Crippen LogP contribution is 2.35. The minimum absolute atomic E-state index is 0.0906. The lowest BCUT2D eigenvalue weighted by atomic mass is 9.95. The van der Waals surface area contributed by atoms with Crippen LogP contribution in [0, 0.1) is 0 Å². The molecule has 0 saturated carbocycles. The van der Waals surface area contributed by atoms with Gasteiger partial charge < -0.3 is 19.4 Å². The highest BCUT2D eigenvalue weighted by atomic mass is 32.2. The molecule has 170 valence electrons. The number of nitrogens with zero attached hydrogens (tertiary/aromatic N) is 1. The first-order chi connectivity index (χ1) is 15.6. The Balaban J connectivity index is 1.56. The number of rotatable bonds is 5. The van der Waals surface area contributed by atoms with E-state index in [1.807, 2.05) is 0 Å². The standard InChI is InChI=1S/C22H19N3O7S/c1-31-14-4-3-12-10-25(19(26)16(12)9-14)11-22(20(27)23-21(28)24-22)18-8-13-7-15(33(2,29)30)5-6-17(13)32-18/h3-9H,10-11H2,1-2H3,(H2,23,24,27,28)/t22-/m0/s1. The summed E-state index contributed by atoms with van der Waals surface area (Å²) in [5.41, 5.74) is -0.116. The van der Waals surface area contributed by atoms with Gasteiger partial charge in [0.2, 0.25) is 0 Å². The molecule has 3 heterocycles. The van der Waals surface area contributed by atoms with Crippen molar-refractivity contribution in [1.29, 1.82) is 0 Å². The predicted octanol–water partition coefficient (Wildman–Crippen LogP) is 1.54. The van der Waals surface area contributed by atoms with Gasteiger partial charge in [0, 0.05) is 23.8 Å². The molecule has 0 bridgehead atoms. The summed E-state index contributed by atoms with van der Waals surface area (Å²) in [4.78, 5) is 39.7. The number of nitrogens with one attached hydrogen (secondary N) is 2. The molecule has 2 aromatic carbocycles. The van der Waals surface area contributed by atoms with Crippen LogP contribution in [-0.2, 0) is 26.7 Å². The third kappa shape index (κ3) is 3.32. The Kier molecular flexibility index (Phi) is 4.50. The maximum absolute atomic E-state index is 13.1. The molecule has 2 aliphatic rings. The average Bonchev–Trinajstić information content (AvgIpc) is 3.41. The topological polar surface area (TPSA) is 135 Å². The normalized spacial score (nSPS) is 20.2. The number of ether oxygens (including phenoxy) is 1. The summed E-state index contributed by atoms with van der Waals surface area (Å²) in [5, 5.41) is 5.26. The Labute approximate surface area is 188 Å². The molecular weight excluding hydrogens is 450 g/mol. The summed E-state index contributed by atoms with van der Waals surface area (Å²) in [5.74, 6) is -0.360. The van der Waals surface area contributed by atoms with E-state index in [1.54, 1.807) is 18.2 Å². The van der Waals surface area contributed by atoms with Gasteiger partial charge in [-0.25, -0.2) is 13.2 Å². The summed E-state index contributed by atoms with van der Waals surface area (Å²) in [7, 11) is -1.95. The molecule has 3 aromatic rings. The second kappa shape index (κ2) is 7.07. The molecule has 33 heavy (non-hydrogen) atoms. The SMILES string of the molecule is COc1ccc2c(c1)C(=O)N(C[C@@]1(c3cc4cc(S(C)(=O)=O)ccc4o3)NC(=O)NC1=O)C2. The molecule has 1 saturated heterocycles. The van der Waals surface area contributed by atoms with Crippen LogP contribution in [0.2, 0.25) is 0 Å². The lowest BCUT2D eigenvalue weighted by Gasteiger charge is -2.29. The Morgan fingerprint density at radius 3 is 2.58 bits per heavy atom. The number of sulfone groups is 1. The molecule has 0 unspecified atom stereocenters. The van der Waals surface area contributed by atoms with Crippen LogP contribution >= 0.6 is 0 Å². The van der Waals surface area contributed by atoms with Crippen molar-refractivity contribution in [3.05, 3.63) is 59.4 Å². The first kappa shape index (κ1) is 21.0. The molecule has 4 amide bonds. The number of benzene rings is 2. The highest BCUT2D eigenvalue weighted by Gasteiger charge is 2.53. The summed E-state index contributed by atoms with van der Waals surface area (Å²) in [6.45, 7) is 0.0562. The predicted molar refractivity (Wildman–Crippen MR) is 115 cm³/mol. The van der Waals surface area contributed by atoms with Crippen LogP contribution in [0.4, 0.5) is 4.79 Å². The zero-order valence-electron chi connectivity index (χ0n) is 17.7. The molecule has 2 N–H and O–H groups in total. The number of urea groups is 1. The van der Waals surface area contributed by atoms with Crippen molar-refractivity contribution < 1.29 is 32.0 Å². The van der Waals surface area contributed by atoms with Crippen molar-refractivity contribution in [2.45, 2.75) is 17.0 Å². The fourth-order valence-electron chi connectivity index (χ4n) is 4.20. The van der Waals surface area contributed by atoms with E-state index in [2.05, 4.69) is 10.6 Å². The van der Waals surface area contributed by atoms with E-state index in [0.717, 1.165) is 11.8 Å². The number of carbonyl (C=O) groups excluding carboxylic acids is 3. The zero-order valence-corrected chi connectivity index (χ0v) is 18.5. The van der Waals surface area contributed by atoms with Crippen molar-refractivity contribution in [1.82, 2.24) is 15.5 Å². The van der Waals surface area contributed by atoms with Gasteiger partial charge in [0.1, 0.15) is 17.1 Å². The maximum Gasteiger partial charge on any atom is 0.322 e. The number of methoxy groups -OCH3 is 1. The Bertz CT molecular complexity index is 1460. The van der Waals surface area contributed by atoms with Gasteiger partial charge in [-0.15, -0.1) is 0 Å². The third-order valence-electron chi connectivity index (χ3n) is 5.90. The van der Waals surface area contributed by atoms with Crippen LogP contribution in [0.3, 0.4) is 0 Å². The Hall–Kier alpha value is -3.86. The largest absolute Gasteiger partial charge is 0.497 e. The number of amides is 4. The van der Waals surface area contributed by atoms with Crippen LogP contribution in [0.5, 0.6) is 5.75 Å². The van der Waals surface area contributed by atoms with Gasteiger partial charge in [-0.05, 0) is 42.0 Å². The average molecular weight is 469 g/mol. The minimum atomic E-state index is -3.45. The monoisotopic (exact) mass is 469 g/mol. The van der Waals surface area contributed by atoms with Gasteiger partial charge >= 0.3 is 6.03 Å². The van der Waals surface area contributed by atoms with Crippen LogP contribution in [-0.4, -0.2) is 51.1 Å². The molecule has 1 atom stereocenters. The number of furan rings is 1. The minimum Gasteiger partial charge on any atom is -0.497 e. The Morgan fingerprint density at radius 2 is 1.91 bits per heavy atom. The Morgan fingerprint density at radius 1 is 1.12 bits per heavy atom. The molecule has 0 aliphatic carbocycles. The molecule has 2 aliphatic heterocycles. The van der Waals surface area contributed by atoms with Crippen molar-refractivity contribution in [2.75, 3.05) is 19.9 Å². The summed E-state index contributed by atoms with van der Waals surface area (Å²) in [6, 6.07) is 10.3. The molecule has 11 heteroatoms. The van der Waals surface area contributed by atoms with Gasteiger partial charge in [-0.3, -0.25) is 14.9 Å². The van der Waals surface area contributed by atoms with Crippen LogP contribution in [0.15, 0.2) is 51.8 Å². The number of hydrogen-bond acceptors (Lipinski definition) is 7. The summed E-state index contributed by atoms with van der Waals surface area (Å²) in [6.07, 6.45) is 1.09. The van der Waals surface area contributed by atoms with Gasteiger partial charge in [0.15, 0.2) is 15.4 Å². The van der Waals surface area contributed by atoms with E-state index in [0.29, 0.717) is 22.3 Å².